The molecular weight excluding hydrogens is 438 g/mol. The molecule has 5 N–H and O–H groups in total. The van der Waals surface area contributed by atoms with Gasteiger partial charge in [-0.1, -0.05) is 36.4 Å². The van der Waals surface area contributed by atoms with Gasteiger partial charge in [0.2, 0.25) is 15.7 Å². The molecule has 0 saturated carbocycles. The zero-order valence-corrected chi connectivity index (χ0v) is 17.6. The molecule has 0 atom stereocenters. The average molecular weight is 457 g/mol. The van der Waals surface area contributed by atoms with E-state index >= 15 is 0 Å². The number of anilines is 2. The summed E-state index contributed by atoms with van der Waals surface area (Å²) in [5.74, 6) is -1.07. The molecule has 3 aromatic rings. The predicted octanol–water partition coefficient (Wildman–Crippen LogP) is 2.50. The average Bonchev–Trinajstić information content (AvgIpc) is 2.71. The molecule has 0 spiro atoms. The van der Waals surface area contributed by atoms with E-state index in [2.05, 4.69) is 20.6 Å². The summed E-state index contributed by atoms with van der Waals surface area (Å²) in [4.78, 5) is 18.7. The molecule has 1 aromatic heterocycles. The first-order valence-electron chi connectivity index (χ1n) is 9.06. The number of hydrogen-bond donors (Lipinski definition) is 4. The molecule has 0 fully saturated rings. The molecule has 32 heavy (non-hydrogen) atoms. The fourth-order valence-corrected chi connectivity index (χ4v) is 3.13. The van der Waals surface area contributed by atoms with Crippen molar-refractivity contribution in [2.45, 2.75) is 11.7 Å². The number of hydrogen-bond acceptors (Lipinski definition) is 9. The van der Waals surface area contributed by atoms with Crippen molar-refractivity contribution in [3.05, 3.63) is 70.3 Å². The van der Waals surface area contributed by atoms with Crippen LogP contribution in [0.25, 0.3) is 0 Å². The van der Waals surface area contributed by atoms with Crippen molar-refractivity contribution in [1.82, 2.24) is 9.97 Å². The molecule has 1 heterocycles. The summed E-state index contributed by atoms with van der Waals surface area (Å²) < 4.78 is 29.8. The zero-order valence-electron chi connectivity index (χ0n) is 16.8. The third-order valence-electron chi connectivity index (χ3n) is 3.98. The second kappa shape index (κ2) is 9.26. The third kappa shape index (κ3) is 5.66. The van der Waals surface area contributed by atoms with Gasteiger partial charge in [0.15, 0.2) is 5.96 Å². The van der Waals surface area contributed by atoms with Crippen molar-refractivity contribution in [2.75, 3.05) is 16.9 Å². The monoisotopic (exact) mass is 457 g/mol. The molecule has 13 heteroatoms. The van der Waals surface area contributed by atoms with E-state index in [-0.39, 0.29) is 24.1 Å². The maximum atomic E-state index is 12.1. The van der Waals surface area contributed by atoms with Crippen LogP contribution in [0.5, 0.6) is 11.6 Å². The smallest absolute Gasteiger partial charge is 0.373 e. The first-order valence-corrected chi connectivity index (χ1v) is 11.0. The topological polar surface area (TPSA) is 186 Å². The zero-order chi connectivity index (χ0) is 23.3. The maximum absolute atomic E-state index is 12.1. The number of nitrogens with two attached hydrogens (primary N) is 1. The van der Waals surface area contributed by atoms with Gasteiger partial charge in [0.1, 0.15) is 5.75 Å². The van der Waals surface area contributed by atoms with E-state index in [1.54, 1.807) is 36.4 Å². The van der Waals surface area contributed by atoms with Crippen LogP contribution in [0.4, 0.5) is 17.2 Å². The highest BCUT2D eigenvalue weighted by atomic mass is 32.2. The van der Waals surface area contributed by atoms with Crippen molar-refractivity contribution in [3.8, 4) is 11.6 Å². The Hall–Kier alpha value is -4.26. The van der Waals surface area contributed by atoms with Gasteiger partial charge in [-0.05, 0) is 17.7 Å². The normalized spacial score (nSPS) is 10.9. The van der Waals surface area contributed by atoms with E-state index in [0.29, 0.717) is 5.69 Å². The highest BCUT2D eigenvalue weighted by molar-refractivity contribution is 7.90. The fraction of sp³-hybridized carbons (Fsp3) is 0.105. The van der Waals surface area contributed by atoms with Gasteiger partial charge in [-0.15, -0.1) is 0 Å². The van der Waals surface area contributed by atoms with Crippen LogP contribution < -0.4 is 21.1 Å². The van der Waals surface area contributed by atoms with E-state index in [9.17, 15) is 18.5 Å². The molecule has 0 amide bonds. The molecule has 12 nitrogen and oxygen atoms in total. The van der Waals surface area contributed by atoms with Gasteiger partial charge >= 0.3 is 11.6 Å². The predicted molar refractivity (Wildman–Crippen MR) is 118 cm³/mol. The Bertz CT molecular complexity index is 1270. The Labute approximate surface area is 183 Å². The van der Waals surface area contributed by atoms with Crippen LogP contribution in [0.2, 0.25) is 0 Å². The minimum atomic E-state index is -3.91. The molecule has 2 aromatic carbocycles. The largest absolute Gasteiger partial charge is 0.433 e. The van der Waals surface area contributed by atoms with Crippen LogP contribution in [-0.2, 0) is 16.4 Å². The minimum absolute atomic E-state index is 0.103. The van der Waals surface area contributed by atoms with Crippen molar-refractivity contribution >= 4 is 33.0 Å². The first-order chi connectivity index (χ1) is 15.1. The summed E-state index contributed by atoms with van der Waals surface area (Å²) in [6.45, 7) is 0.152. The maximum Gasteiger partial charge on any atom is 0.373 e. The van der Waals surface area contributed by atoms with E-state index in [1.165, 1.54) is 12.1 Å². The standard InChI is InChI=1S/C19H19N7O5S/c1-32(29,30)19-24-16(22-11-12-6-3-2-4-7-12)15(26(27)28)17(25-19)31-14-9-5-8-13(10-14)23-18(20)21/h2-10H,11H2,1H3,(H4,20,21,23)(H,22,24,25). The second-order valence-electron chi connectivity index (χ2n) is 6.55. The van der Waals surface area contributed by atoms with Crippen LogP contribution in [0.3, 0.4) is 0 Å². The summed E-state index contributed by atoms with van der Waals surface area (Å²) >= 11 is 0. The lowest BCUT2D eigenvalue weighted by Gasteiger charge is -2.12. The number of nitrogens with one attached hydrogen (secondary N) is 3. The Morgan fingerprint density at radius 2 is 1.91 bits per heavy atom. The number of rotatable bonds is 8. The van der Waals surface area contributed by atoms with E-state index in [4.69, 9.17) is 15.9 Å². The van der Waals surface area contributed by atoms with Crippen molar-refractivity contribution in [2.24, 2.45) is 5.73 Å². The Morgan fingerprint density at radius 1 is 1.19 bits per heavy atom. The summed E-state index contributed by atoms with van der Waals surface area (Å²) in [5.41, 5.74) is 5.86. The third-order valence-corrected chi connectivity index (χ3v) is 4.82. The molecule has 0 saturated heterocycles. The lowest BCUT2D eigenvalue weighted by Crippen LogP contribution is -2.20. The number of nitrogens with zero attached hydrogens (tertiary/aromatic N) is 3. The summed E-state index contributed by atoms with van der Waals surface area (Å²) in [6, 6.07) is 15.0. The highest BCUT2D eigenvalue weighted by Gasteiger charge is 2.29. The molecular formula is C19H19N7O5S. The van der Waals surface area contributed by atoms with Crippen LogP contribution in [-0.4, -0.2) is 35.5 Å². The molecule has 0 unspecified atom stereocenters. The number of nitro groups is 1. The van der Waals surface area contributed by atoms with Gasteiger partial charge in [0.25, 0.3) is 5.16 Å². The lowest BCUT2D eigenvalue weighted by atomic mass is 10.2. The molecule has 0 aliphatic carbocycles. The molecule has 3 rings (SSSR count). The molecule has 166 valence electrons. The Kier molecular flexibility index (Phi) is 6.49. The Balaban J connectivity index is 2.05. The SMILES string of the molecule is CS(=O)(=O)c1nc(NCc2ccccc2)c([N+](=O)[O-])c(Oc2cccc(NC(=N)N)c2)n1. The second-order valence-corrected chi connectivity index (χ2v) is 8.46. The number of aromatic nitrogens is 2. The number of sulfone groups is 1. The molecule has 0 aliphatic heterocycles. The van der Waals surface area contributed by atoms with Gasteiger partial charge in [-0.25, -0.2) is 8.42 Å². The summed E-state index contributed by atoms with van der Waals surface area (Å²) in [5, 5.41) is 23.8. The molecule has 0 radical (unpaired) electrons. The van der Waals surface area contributed by atoms with Gasteiger partial charge in [-0.2, -0.15) is 9.97 Å². The van der Waals surface area contributed by atoms with Gasteiger partial charge in [0, 0.05) is 24.6 Å². The number of guanidine groups is 1. The van der Waals surface area contributed by atoms with Gasteiger partial charge in [-0.3, -0.25) is 15.5 Å². The van der Waals surface area contributed by atoms with E-state index < -0.39 is 31.5 Å². The molecule has 0 bridgehead atoms. The number of benzene rings is 2. The van der Waals surface area contributed by atoms with E-state index in [0.717, 1.165) is 11.8 Å². The fourth-order valence-electron chi connectivity index (χ4n) is 2.63. The molecule has 0 aliphatic rings. The van der Waals surface area contributed by atoms with Crippen molar-refractivity contribution in [3.63, 3.8) is 0 Å². The highest BCUT2D eigenvalue weighted by Crippen LogP contribution is 2.36. The minimum Gasteiger partial charge on any atom is -0.433 e. The summed E-state index contributed by atoms with van der Waals surface area (Å²) in [7, 11) is -3.91. The van der Waals surface area contributed by atoms with Crippen molar-refractivity contribution in [1.29, 1.82) is 5.41 Å². The Morgan fingerprint density at radius 3 is 2.53 bits per heavy atom. The van der Waals surface area contributed by atoms with Gasteiger partial charge < -0.3 is 21.1 Å². The first kappa shape index (κ1) is 22.4. The van der Waals surface area contributed by atoms with Gasteiger partial charge in [0.05, 0.1) is 4.92 Å². The number of ether oxygens (including phenoxy) is 1. The quantitative estimate of drug-likeness (QED) is 0.129. The van der Waals surface area contributed by atoms with Crippen LogP contribution in [0.15, 0.2) is 59.8 Å². The van der Waals surface area contributed by atoms with E-state index in [1.807, 2.05) is 6.07 Å². The van der Waals surface area contributed by atoms with Crippen LogP contribution in [0, 0.1) is 15.5 Å². The van der Waals surface area contributed by atoms with Crippen molar-refractivity contribution < 1.29 is 18.1 Å². The summed E-state index contributed by atoms with van der Waals surface area (Å²) in [6.07, 6.45) is 0.885. The van der Waals surface area contributed by atoms with Crippen LogP contribution >= 0.6 is 0 Å². The lowest BCUT2D eigenvalue weighted by molar-refractivity contribution is -0.385. The van der Waals surface area contributed by atoms with Crippen LogP contribution in [0.1, 0.15) is 5.56 Å².